The third kappa shape index (κ3) is 4.09. The van der Waals surface area contributed by atoms with Crippen molar-refractivity contribution in [3.63, 3.8) is 0 Å². The number of nitrogen functional groups attached to an aromatic ring is 1. The molecule has 8 heteroatoms. The summed E-state index contributed by atoms with van der Waals surface area (Å²) in [5.41, 5.74) is 5.82. The van der Waals surface area contributed by atoms with Gasteiger partial charge in [0.1, 0.15) is 0 Å². The lowest BCUT2D eigenvalue weighted by molar-refractivity contribution is 0.582. The quantitative estimate of drug-likeness (QED) is 0.828. The standard InChI is InChI=1S/C11H16ClNO4S2/c1-8(2)18(14,15)5-6-19(16,17)11-4-3-9(13)7-10(11)12/h3-4,7-8H,5-6,13H2,1-2H3. The second-order valence-corrected chi connectivity index (χ2v) is 9.59. The SMILES string of the molecule is CC(C)S(=O)(=O)CCS(=O)(=O)c1ccc(N)cc1Cl. The Bertz CT molecular complexity index is 666. The van der Waals surface area contributed by atoms with Crippen molar-refractivity contribution in [3.8, 4) is 0 Å². The lowest BCUT2D eigenvalue weighted by Gasteiger charge is -2.09. The van der Waals surface area contributed by atoms with Crippen LogP contribution in [0.15, 0.2) is 23.1 Å². The summed E-state index contributed by atoms with van der Waals surface area (Å²) in [6.45, 7) is 3.02. The second-order valence-electron chi connectivity index (χ2n) is 4.42. The topological polar surface area (TPSA) is 94.3 Å². The van der Waals surface area contributed by atoms with Crippen molar-refractivity contribution in [2.45, 2.75) is 24.0 Å². The summed E-state index contributed by atoms with van der Waals surface area (Å²) in [5, 5.41) is -0.605. The van der Waals surface area contributed by atoms with Gasteiger partial charge in [-0.1, -0.05) is 11.6 Å². The molecule has 0 aromatic heterocycles. The molecule has 0 aliphatic rings. The number of hydrogen-bond donors (Lipinski definition) is 1. The maximum atomic E-state index is 12.0. The Hall–Kier alpha value is -0.790. The van der Waals surface area contributed by atoms with E-state index >= 15 is 0 Å². The lowest BCUT2D eigenvalue weighted by atomic mass is 10.3. The number of benzene rings is 1. The van der Waals surface area contributed by atoms with Gasteiger partial charge in [-0.15, -0.1) is 0 Å². The lowest BCUT2D eigenvalue weighted by Crippen LogP contribution is -2.23. The number of nitrogens with two attached hydrogens (primary N) is 1. The van der Waals surface area contributed by atoms with Crippen LogP contribution in [0.5, 0.6) is 0 Å². The number of sulfone groups is 2. The van der Waals surface area contributed by atoms with Crippen molar-refractivity contribution in [1.29, 1.82) is 0 Å². The largest absolute Gasteiger partial charge is 0.399 e. The van der Waals surface area contributed by atoms with Crippen LogP contribution in [-0.2, 0) is 19.7 Å². The van der Waals surface area contributed by atoms with E-state index in [-0.39, 0.29) is 9.92 Å². The summed E-state index contributed by atoms with van der Waals surface area (Å²) in [6.07, 6.45) is 0. The molecule has 108 valence electrons. The molecule has 0 heterocycles. The van der Waals surface area contributed by atoms with Crippen LogP contribution in [-0.4, -0.2) is 33.6 Å². The highest BCUT2D eigenvalue weighted by Gasteiger charge is 2.24. The zero-order valence-electron chi connectivity index (χ0n) is 10.6. The fourth-order valence-electron chi connectivity index (χ4n) is 1.34. The van der Waals surface area contributed by atoms with Crippen molar-refractivity contribution in [2.24, 2.45) is 0 Å². The van der Waals surface area contributed by atoms with E-state index < -0.39 is 36.4 Å². The molecule has 0 spiro atoms. The molecule has 0 amide bonds. The van der Waals surface area contributed by atoms with Gasteiger partial charge in [-0.25, -0.2) is 16.8 Å². The number of halogens is 1. The van der Waals surface area contributed by atoms with Crippen LogP contribution in [0.3, 0.4) is 0 Å². The van der Waals surface area contributed by atoms with Gasteiger partial charge in [-0.05, 0) is 32.0 Å². The van der Waals surface area contributed by atoms with E-state index in [1.165, 1.54) is 32.0 Å². The zero-order chi connectivity index (χ0) is 14.8. The molecule has 0 aliphatic carbocycles. The first-order valence-corrected chi connectivity index (χ1v) is 9.30. The highest BCUT2D eigenvalue weighted by molar-refractivity contribution is 7.95. The Morgan fingerprint density at radius 2 is 1.74 bits per heavy atom. The highest BCUT2D eigenvalue weighted by Crippen LogP contribution is 2.25. The smallest absolute Gasteiger partial charge is 0.180 e. The van der Waals surface area contributed by atoms with Gasteiger partial charge >= 0.3 is 0 Å². The summed E-state index contributed by atoms with van der Waals surface area (Å²) >= 11 is 5.82. The molecular weight excluding hydrogens is 310 g/mol. The van der Waals surface area contributed by atoms with Gasteiger partial charge in [-0.3, -0.25) is 0 Å². The average Bonchev–Trinajstić information content (AvgIpc) is 2.26. The Morgan fingerprint density at radius 3 is 2.21 bits per heavy atom. The van der Waals surface area contributed by atoms with Crippen LogP contribution in [0.2, 0.25) is 5.02 Å². The predicted molar refractivity (Wildman–Crippen MR) is 76.8 cm³/mol. The van der Waals surface area contributed by atoms with Gasteiger partial charge in [0, 0.05) is 5.69 Å². The van der Waals surface area contributed by atoms with Gasteiger partial charge in [0.2, 0.25) is 0 Å². The van der Waals surface area contributed by atoms with Crippen molar-refractivity contribution in [3.05, 3.63) is 23.2 Å². The number of rotatable bonds is 5. The van der Waals surface area contributed by atoms with Crippen molar-refractivity contribution >= 4 is 37.0 Å². The maximum Gasteiger partial charge on any atom is 0.180 e. The molecule has 0 atom stereocenters. The van der Waals surface area contributed by atoms with Crippen LogP contribution in [0.25, 0.3) is 0 Å². The number of hydrogen-bond acceptors (Lipinski definition) is 5. The van der Waals surface area contributed by atoms with E-state index in [9.17, 15) is 16.8 Å². The van der Waals surface area contributed by atoms with Gasteiger partial charge < -0.3 is 5.73 Å². The predicted octanol–water partition coefficient (Wildman–Crippen LogP) is 1.52. The second kappa shape index (κ2) is 5.68. The summed E-state index contributed by atoms with van der Waals surface area (Å²) in [4.78, 5) is -0.0951. The minimum absolute atomic E-state index is 0.00180. The highest BCUT2D eigenvalue weighted by atomic mass is 35.5. The van der Waals surface area contributed by atoms with Gasteiger partial charge in [-0.2, -0.15) is 0 Å². The summed E-state index contributed by atoms with van der Waals surface area (Å²) < 4.78 is 47.3. The van der Waals surface area contributed by atoms with Crippen LogP contribution < -0.4 is 5.73 Å². The molecule has 0 radical (unpaired) electrons. The molecule has 0 unspecified atom stereocenters. The summed E-state index contributed by atoms with van der Waals surface area (Å²) in [5.74, 6) is -0.912. The van der Waals surface area contributed by atoms with Gasteiger partial charge in [0.15, 0.2) is 19.7 Å². The maximum absolute atomic E-state index is 12.0. The Labute approximate surface area is 118 Å². The van der Waals surface area contributed by atoms with Crippen LogP contribution in [0, 0.1) is 0 Å². The Balaban J connectivity index is 3.00. The third-order valence-corrected chi connectivity index (χ3v) is 7.31. The molecule has 0 fully saturated rings. The first kappa shape index (κ1) is 16.3. The average molecular weight is 326 g/mol. The molecule has 0 saturated heterocycles. The molecule has 0 aliphatic heterocycles. The molecule has 1 aromatic carbocycles. The Morgan fingerprint density at radius 1 is 1.16 bits per heavy atom. The van der Waals surface area contributed by atoms with E-state index in [1.54, 1.807) is 0 Å². The molecular formula is C11H16ClNO4S2. The fourth-order valence-corrected chi connectivity index (χ4v) is 5.01. The van der Waals surface area contributed by atoms with E-state index in [4.69, 9.17) is 17.3 Å². The molecule has 1 rings (SSSR count). The van der Waals surface area contributed by atoms with Crippen LogP contribution >= 0.6 is 11.6 Å². The number of anilines is 1. The van der Waals surface area contributed by atoms with Crippen molar-refractivity contribution < 1.29 is 16.8 Å². The minimum atomic E-state index is -3.74. The fraction of sp³-hybridized carbons (Fsp3) is 0.455. The van der Waals surface area contributed by atoms with E-state index in [1.807, 2.05) is 0 Å². The molecule has 5 nitrogen and oxygen atoms in total. The van der Waals surface area contributed by atoms with E-state index in [2.05, 4.69) is 0 Å². The molecule has 19 heavy (non-hydrogen) atoms. The van der Waals surface area contributed by atoms with E-state index in [0.29, 0.717) is 5.69 Å². The molecule has 0 saturated carbocycles. The third-order valence-electron chi connectivity index (χ3n) is 2.65. The van der Waals surface area contributed by atoms with E-state index in [0.717, 1.165) is 0 Å². The van der Waals surface area contributed by atoms with Crippen LogP contribution in [0.4, 0.5) is 5.69 Å². The van der Waals surface area contributed by atoms with Crippen molar-refractivity contribution in [2.75, 3.05) is 17.2 Å². The molecule has 1 aromatic rings. The summed E-state index contributed by atoms with van der Waals surface area (Å²) in [7, 11) is -7.15. The normalized spacial score (nSPS) is 12.8. The van der Waals surface area contributed by atoms with Crippen molar-refractivity contribution in [1.82, 2.24) is 0 Å². The molecule has 2 N–H and O–H groups in total. The minimum Gasteiger partial charge on any atom is -0.399 e. The first-order chi connectivity index (χ1) is 8.56. The Kier molecular flexibility index (Phi) is 4.86. The summed E-state index contributed by atoms with van der Waals surface area (Å²) in [6, 6.07) is 4.02. The first-order valence-electron chi connectivity index (χ1n) is 5.55. The monoisotopic (exact) mass is 325 g/mol. The van der Waals surface area contributed by atoms with Crippen LogP contribution in [0.1, 0.15) is 13.8 Å². The molecule has 0 bridgehead atoms. The van der Waals surface area contributed by atoms with Gasteiger partial charge in [0.05, 0.1) is 26.7 Å². The zero-order valence-corrected chi connectivity index (χ0v) is 13.0. The van der Waals surface area contributed by atoms with Gasteiger partial charge in [0.25, 0.3) is 0 Å².